The van der Waals surface area contributed by atoms with Crippen molar-refractivity contribution in [2.24, 2.45) is 0 Å². The Balaban J connectivity index is 3.64. The van der Waals surface area contributed by atoms with Crippen LogP contribution in [-0.2, 0) is 4.74 Å². The molecule has 0 aliphatic heterocycles. The van der Waals surface area contributed by atoms with Gasteiger partial charge in [-0.05, 0) is 20.8 Å². The summed E-state index contributed by atoms with van der Waals surface area (Å²) in [5.74, 6) is 0. The third kappa shape index (κ3) is 4.23. The number of ether oxygens (including phenoxy) is 1. The third-order valence-electron chi connectivity index (χ3n) is 2.73. The fourth-order valence-electron chi connectivity index (χ4n) is 1.81. The molecule has 0 saturated heterocycles. The van der Waals surface area contributed by atoms with Crippen molar-refractivity contribution < 1.29 is 14.6 Å². The molecule has 1 N–H and O–H groups in total. The van der Waals surface area contributed by atoms with Crippen LogP contribution in [0.3, 0.4) is 0 Å². The number of aliphatic hydroxyl groups excluding tert-OH is 1. The molecular weight excluding hydrogens is 377 g/mol. The second kappa shape index (κ2) is 7.92. The summed E-state index contributed by atoms with van der Waals surface area (Å²) < 4.78 is 5.25. The molecule has 0 unspecified atom stereocenters. The molecule has 0 bridgehead atoms. The number of carbonyl (C=O) groups is 1. The fraction of sp³-hybridized carbons (Fsp3) is 0.400. The van der Waals surface area contributed by atoms with Crippen LogP contribution in [0.25, 0.3) is 0 Å². The van der Waals surface area contributed by atoms with Gasteiger partial charge in [0.05, 0.1) is 45.0 Å². The topological polar surface area (TPSA) is 97.3 Å². The first-order valence-corrected chi connectivity index (χ1v) is 7.84. The van der Waals surface area contributed by atoms with Crippen LogP contribution in [0.2, 0.25) is 15.1 Å². The Labute approximate surface area is 154 Å². The normalized spacial score (nSPS) is 10.7. The summed E-state index contributed by atoms with van der Waals surface area (Å²) in [6.45, 7) is 4.35. The number of amides is 1. The standard InChI is InChI=1S/C15H14Cl3N3O3/c1-15(2,3)24-14(23)21(4-5-22)13-9(7-20)10(16)8(6-19)11(17)12(13)18/h22H,4-5H2,1-3H3. The van der Waals surface area contributed by atoms with Crippen molar-refractivity contribution in [1.82, 2.24) is 0 Å². The first kappa shape index (κ1) is 20.3. The smallest absolute Gasteiger partial charge is 0.414 e. The summed E-state index contributed by atoms with van der Waals surface area (Å²) in [6.07, 6.45) is -0.841. The molecule has 0 heterocycles. The van der Waals surface area contributed by atoms with Gasteiger partial charge < -0.3 is 9.84 Å². The van der Waals surface area contributed by atoms with E-state index in [1.807, 2.05) is 0 Å². The molecule has 6 nitrogen and oxygen atoms in total. The van der Waals surface area contributed by atoms with Crippen molar-refractivity contribution >= 4 is 46.6 Å². The summed E-state index contributed by atoms with van der Waals surface area (Å²) in [6, 6.07) is 3.57. The highest BCUT2D eigenvalue weighted by Crippen LogP contribution is 2.43. The summed E-state index contributed by atoms with van der Waals surface area (Å²) in [5.41, 5.74) is -1.31. The van der Waals surface area contributed by atoms with Crippen LogP contribution >= 0.6 is 34.8 Å². The van der Waals surface area contributed by atoms with Crippen molar-refractivity contribution in [2.45, 2.75) is 26.4 Å². The van der Waals surface area contributed by atoms with Gasteiger partial charge >= 0.3 is 6.09 Å². The molecule has 1 rings (SSSR count). The van der Waals surface area contributed by atoms with E-state index < -0.39 is 18.3 Å². The molecule has 128 valence electrons. The average molecular weight is 391 g/mol. The Hall–Kier alpha value is -1.70. The molecule has 0 aliphatic carbocycles. The number of hydrogen-bond donors (Lipinski definition) is 1. The number of nitrogens with zero attached hydrogens (tertiary/aromatic N) is 3. The Kier molecular flexibility index (Phi) is 6.71. The van der Waals surface area contributed by atoms with Gasteiger partial charge in [-0.25, -0.2) is 4.79 Å². The van der Waals surface area contributed by atoms with E-state index in [2.05, 4.69) is 0 Å². The van der Waals surface area contributed by atoms with Gasteiger partial charge in [0.15, 0.2) is 0 Å². The van der Waals surface area contributed by atoms with Crippen LogP contribution in [0, 0.1) is 22.7 Å². The van der Waals surface area contributed by atoms with Gasteiger partial charge in [-0.2, -0.15) is 10.5 Å². The van der Waals surface area contributed by atoms with E-state index in [1.54, 1.807) is 32.9 Å². The molecule has 1 aromatic carbocycles. The minimum absolute atomic E-state index is 0.114. The minimum atomic E-state index is -0.841. The Morgan fingerprint density at radius 3 is 2.08 bits per heavy atom. The molecule has 0 spiro atoms. The Morgan fingerprint density at radius 1 is 1.12 bits per heavy atom. The number of nitriles is 2. The highest BCUT2D eigenvalue weighted by Gasteiger charge is 2.31. The fourth-order valence-corrected chi connectivity index (χ4v) is 2.65. The van der Waals surface area contributed by atoms with Gasteiger partial charge in [-0.3, -0.25) is 4.90 Å². The molecule has 0 atom stereocenters. The van der Waals surface area contributed by atoms with Crippen molar-refractivity contribution in [3.05, 3.63) is 26.2 Å². The van der Waals surface area contributed by atoms with Crippen LogP contribution in [0.1, 0.15) is 31.9 Å². The molecule has 0 aliphatic rings. The van der Waals surface area contributed by atoms with Crippen LogP contribution in [-0.4, -0.2) is 30.0 Å². The zero-order valence-electron chi connectivity index (χ0n) is 13.2. The average Bonchev–Trinajstić information content (AvgIpc) is 2.47. The maximum Gasteiger partial charge on any atom is 0.414 e. The first-order valence-electron chi connectivity index (χ1n) is 6.71. The second-order valence-electron chi connectivity index (χ2n) is 5.62. The summed E-state index contributed by atoms with van der Waals surface area (Å²) in [7, 11) is 0. The number of aliphatic hydroxyl groups is 1. The molecule has 1 amide bonds. The van der Waals surface area contributed by atoms with Gasteiger partial charge in [0.1, 0.15) is 17.7 Å². The lowest BCUT2D eigenvalue weighted by atomic mass is 10.1. The largest absolute Gasteiger partial charge is 0.443 e. The number of rotatable bonds is 3. The van der Waals surface area contributed by atoms with Gasteiger partial charge in [0.25, 0.3) is 0 Å². The zero-order chi connectivity index (χ0) is 18.7. The first-order chi connectivity index (χ1) is 11.1. The van der Waals surface area contributed by atoms with E-state index in [-0.39, 0.29) is 38.4 Å². The predicted octanol–water partition coefficient (Wildman–Crippen LogP) is 4.12. The van der Waals surface area contributed by atoms with Gasteiger partial charge in [-0.15, -0.1) is 0 Å². The van der Waals surface area contributed by atoms with Crippen molar-refractivity contribution in [1.29, 1.82) is 10.5 Å². The molecule has 0 radical (unpaired) electrons. The summed E-state index contributed by atoms with van der Waals surface area (Å²) in [4.78, 5) is 13.4. The SMILES string of the molecule is CC(C)(C)OC(=O)N(CCO)c1c(Cl)c(Cl)c(C#N)c(Cl)c1C#N. The van der Waals surface area contributed by atoms with E-state index in [0.29, 0.717) is 0 Å². The molecule has 0 aromatic heterocycles. The lowest BCUT2D eigenvalue weighted by Gasteiger charge is -2.28. The number of hydrogen-bond acceptors (Lipinski definition) is 5. The number of carbonyl (C=O) groups excluding carboxylic acids is 1. The van der Waals surface area contributed by atoms with E-state index in [1.165, 1.54) is 0 Å². The molecule has 24 heavy (non-hydrogen) atoms. The Morgan fingerprint density at radius 2 is 1.67 bits per heavy atom. The zero-order valence-corrected chi connectivity index (χ0v) is 15.4. The maximum absolute atomic E-state index is 12.4. The maximum atomic E-state index is 12.4. The lowest BCUT2D eigenvalue weighted by molar-refractivity contribution is 0.0573. The van der Waals surface area contributed by atoms with Gasteiger partial charge in [-0.1, -0.05) is 34.8 Å². The monoisotopic (exact) mass is 389 g/mol. The lowest BCUT2D eigenvalue weighted by Crippen LogP contribution is -2.39. The summed E-state index contributed by atoms with van der Waals surface area (Å²) >= 11 is 18.2. The molecule has 0 fully saturated rings. The molecule has 0 saturated carbocycles. The van der Waals surface area contributed by atoms with Crippen LogP contribution in [0.5, 0.6) is 0 Å². The molecule has 1 aromatic rings. The van der Waals surface area contributed by atoms with E-state index in [4.69, 9.17) is 44.8 Å². The predicted molar refractivity (Wildman–Crippen MR) is 91.6 cm³/mol. The second-order valence-corrected chi connectivity index (χ2v) is 6.75. The minimum Gasteiger partial charge on any atom is -0.443 e. The van der Waals surface area contributed by atoms with Gasteiger partial charge in [0.2, 0.25) is 0 Å². The Bertz CT molecular complexity index is 746. The quantitative estimate of drug-likeness (QED) is 0.783. The number of benzene rings is 1. The molecule has 9 heteroatoms. The highest BCUT2D eigenvalue weighted by molar-refractivity contribution is 6.47. The number of halogens is 3. The van der Waals surface area contributed by atoms with Crippen LogP contribution in [0.15, 0.2) is 0 Å². The van der Waals surface area contributed by atoms with Crippen molar-refractivity contribution in [2.75, 3.05) is 18.1 Å². The van der Waals surface area contributed by atoms with E-state index in [0.717, 1.165) is 4.90 Å². The van der Waals surface area contributed by atoms with E-state index >= 15 is 0 Å². The van der Waals surface area contributed by atoms with Crippen molar-refractivity contribution in [3.8, 4) is 12.1 Å². The number of anilines is 1. The third-order valence-corrected chi connectivity index (χ3v) is 3.95. The van der Waals surface area contributed by atoms with E-state index in [9.17, 15) is 15.2 Å². The van der Waals surface area contributed by atoms with Crippen molar-refractivity contribution in [3.63, 3.8) is 0 Å². The van der Waals surface area contributed by atoms with Crippen LogP contribution < -0.4 is 4.90 Å². The van der Waals surface area contributed by atoms with Gasteiger partial charge in [0, 0.05) is 0 Å². The van der Waals surface area contributed by atoms with Crippen LogP contribution in [0.4, 0.5) is 10.5 Å². The molecular formula is C15H14Cl3N3O3. The summed E-state index contributed by atoms with van der Waals surface area (Å²) in [5, 5.41) is 27.1. The highest BCUT2D eigenvalue weighted by atomic mass is 35.5.